The smallest absolute Gasteiger partial charge is 0.416 e. The van der Waals surface area contributed by atoms with Gasteiger partial charge in [-0.1, -0.05) is 24.3 Å². The molecule has 0 unspecified atom stereocenters. The highest BCUT2D eigenvalue weighted by Crippen LogP contribution is 2.33. The molecule has 2 N–H and O–H groups in total. The summed E-state index contributed by atoms with van der Waals surface area (Å²) in [7, 11) is 0. The lowest BCUT2D eigenvalue weighted by molar-refractivity contribution is -0.137. The maximum absolute atomic E-state index is 13.2. The predicted octanol–water partition coefficient (Wildman–Crippen LogP) is 5.25. The number of anilines is 1. The van der Waals surface area contributed by atoms with Crippen LogP contribution in [0.5, 0.6) is 6.01 Å². The van der Waals surface area contributed by atoms with E-state index in [2.05, 4.69) is 10.1 Å². The molecule has 0 aliphatic carbocycles. The lowest BCUT2D eigenvalue weighted by Gasteiger charge is -2.09. The van der Waals surface area contributed by atoms with Crippen LogP contribution in [0, 0.1) is 5.82 Å². The number of nitrogens with zero attached hydrogens (tertiary/aromatic N) is 3. The van der Waals surface area contributed by atoms with E-state index in [9.17, 15) is 17.6 Å². The second-order valence-corrected chi connectivity index (χ2v) is 6.72. The van der Waals surface area contributed by atoms with Crippen LogP contribution in [0.3, 0.4) is 0 Å². The Morgan fingerprint density at radius 1 is 0.935 bits per heavy atom. The molecule has 0 radical (unpaired) electrons. The number of halogens is 4. The molecule has 4 aromatic rings. The first-order valence-electron chi connectivity index (χ1n) is 9.17. The highest BCUT2D eigenvalue weighted by molar-refractivity contribution is 5.60. The maximum atomic E-state index is 13.2. The van der Waals surface area contributed by atoms with Gasteiger partial charge in [0, 0.05) is 11.3 Å². The first-order chi connectivity index (χ1) is 14.8. The summed E-state index contributed by atoms with van der Waals surface area (Å²) in [6.07, 6.45) is -4.50. The van der Waals surface area contributed by atoms with Crippen molar-refractivity contribution in [3.63, 3.8) is 0 Å². The van der Waals surface area contributed by atoms with E-state index in [4.69, 9.17) is 10.5 Å². The van der Waals surface area contributed by atoms with Gasteiger partial charge in [0.2, 0.25) is 0 Å². The van der Waals surface area contributed by atoms with Crippen LogP contribution in [-0.4, -0.2) is 14.8 Å². The summed E-state index contributed by atoms with van der Waals surface area (Å²) < 4.78 is 59.6. The Morgan fingerprint density at radius 2 is 1.65 bits per heavy atom. The molecule has 0 atom stereocenters. The summed E-state index contributed by atoms with van der Waals surface area (Å²) >= 11 is 0. The Morgan fingerprint density at radius 3 is 2.32 bits per heavy atom. The average molecular weight is 428 g/mol. The number of hydrogen-bond donors (Lipinski definition) is 1. The van der Waals surface area contributed by atoms with Crippen LogP contribution in [0.2, 0.25) is 0 Å². The Labute approximate surface area is 174 Å². The van der Waals surface area contributed by atoms with Gasteiger partial charge in [-0.15, -0.1) is 5.10 Å². The summed E-state index contributed by atoms with van der Waals surface area (Å²) in [6, 6.07) is 17.1. The normalized spacial score (nSPS) is 11.5. The number of nitrogens with two attached hydrogens (primary N) is 1. The van der Waals surface area contributed by atoms with Crippen molar-refractivity contribution in [1.29, 1.82) is 0 Å². The summed E-state index contributed by atoms with van der Waals surface area (Å²) in [4.78, 5) is 4.29. The van der Waals surface area contributed by atoms with E-state index < -0.39 is 11.7 Å². The third-order valence-corrected chi connectivity index (χ3v) is 4.45. The minimum atomic E-state index is -4.50. The number of hydrogen-bond acceptors (Lipinski definition) is 4. The molecule has 4 rings (SSSR count). The largest absolute Gasteiger partial charge is 0.457 e. The highest BCUT2D eigenvalue weighted by atomic mass is 19.4. The summed E-state index contributed by atoms with van der Waals surface area (Å²) in [5, 5.41) is 4.30. The fraction of sp³-hybridized carbons (Fsp3) is 0.0909. The Bertz CT molecular complexity index is 1190. The van der Waals surface area contributed by atoms with E-state index in [1.54, 1.807) is 36.4 Å². The molecule has 0 fully saturated rings. The van der Waals surface area contributed by atoms with Crippen molar-refractivity contribution in [3.8, 4) is 23.1 Å². The zero-order chi connectivity index (χ0) is 22.0. The van der Waals surface area contributed by atoms with E-state index in [-0.39, 0.29) is 29.8 Å². The molecule has 0 saturated carbocycles. The summed E-state index contributed by atoms with van der Waals surface area (Å²) in [6.45, 7) is 0.0636. The van der Waals surface area contributed by atoms with Crippen LogP contribution >= 0.6 is 0 Å². The van der Waals surface area contributed by atoms with Crippen molar-refractivity contribution in [2.45, 2.75) is 12.8 Å². The fourth-order valence-corrected chi connectivity index (χ4v) is 2.90. The number of nitrogen functional groups attached to an aromatic ring is 1. The molecule has 1 aromatic heterocycles. The molecule has 31 heavy (non-hydrogen) atoms. The number of aromatic nitrogens is 3. The zero-order valence-electron chi connectivity index (χ0n) is 16.0. The molecule has 0 spiro atoms. The van der Waals surface area contributed by atoms with Crippen molar-refractivity contribution >= 4 is 5.69 Å². The number of ether oxygens (including phenoxy) is 1. The molecule has 0 aliphatic heterocycles. The predicted molar refractivity (Wildman–Crippen MR) is 107 cm³/mol. The molecule has 0 bridgehead atoms. The third kappa shape index (κ3) is 4.66. The summed E-state index contributed by atoms with van der Waals surface area (Å²) in [5.41, 5.74) is 6.90. The van der Waals surface area contributed by atoms with Gasteiger partial charge in [0.1, 0.15) is 12.4 Å². The summed E-state index contributed by atoms with van der Waals surface area (Å²) in [5.74, 6) is -0.202. The minimum absolute atomic E-state index is 0.0337. The lowest BCUT2D eigenvalue weighted by Crippen LogP contribution is -2.05. The van der Waals surface area contributed by atoms with E-state index in [1.807, 2.05) is 0 Å². The van der Waals surface area contributed by atoms with Crippen molar-refractivity contribution in [2.24, 2.45) is 0 Å². The number of rotatable bonds is 5. The van der Waals surface area contributed by atoms with Gasteiger partial charge in [0.25, 0.3) is 0 Å². The van der Waals surface area contributed by atoms with Crippen LogP contribution < -0.4 is 10.5 Å². The monoisotopic (exact) mass is 428 g/mol. The highest BCUT2D eigenvalue weighted by Gasteiger charge is 2.31. The topological polar surface area (TPSA) is 66.0 Å². The van der Waals surface area contributed by atoms with Crippen LogP contribution in [0.1, 0.15) is 11.1 Å². The second kappa shape index (κ2) is 8.10. The molecular weight excluding hydrogens is 412 g/mol. The molecule has 3 aromatic carbocycles. The SMILES string of the molecule is Nc1ccc(-n2nc(OCc3ccc(F)cc3)nc2-c2cccc(C(F)(F)F)c2)cc1. The Hall–Kier alpha value is -3.88. The molecule has 0 saturated heterocycles. The van der Waals surface area contributed by atoms with Gasteiger partial charge in [0.05, 0.1) is 11.3 Å². The third-order valence-electron chi connectivity index (χ3n) is 4.45. The first kappa shape index (κ1) is 20.4. The Balaban J connectivity index is 1.72. The quantitative estimate of drug-likeness (QED) is 0.348. The van der Waals surface area contributed by atoms with Crippen molar-refractivity contribution in [1.82, 2.24) is 14.8 Å². The van der Waals surface area contributed by atoms with E-state index in [0.717, 1.165) is 12.1 Å². The molecule has 158 valence electrons. The van der Waals surface area contributed by atoms with E-state index in [1.165, 1.54) is 28.9 Å². The number of alkyl halides is 3. The van der Waals surface area contributed by atoms with Gasteiger partial charge in [-0.25, -0.2) is 9.07 Å². The van der Waals surface area contributed by atoms with Crippen LogP contribution in [0.25, 0.3) is 17.1 Å². The standard InChI is InChI=1S/C22H16F4N4O/c23-17-6-4-14(5-7-17)13-31-21-28-20(15-2-1-3-16(12-15)22(24,25)26)30(29-21)19-10-8-18(27)9-11-19/h1-12H,13,27H2. The van der Waals surface area contributed by atoms with Crippen molar-refractivity contribution in [2.75, 3.05) is 5.73 Å². The first-order valence-corrected chi connectivity index (χ1v) is 9.17. The van der Waals surface area contributed by atoms with Gasteiger partial charge in [-0.3, -0.25) is 0 Å². The van der Waals surface area contributed by atoms with E-state index >= 15 is 0 Å². The van der Waals surface area contributed by atoms with Crippen LogP contribution in [0.15, 0.2) is 72.8 Å². The molecule has 0 amide bonds. The zero-order valence-corrected chi connectivity index (χ0v) is 16.0. The van der Waals surface area contributed by atoms with Crippen LogP contribution in [-0.2, 0) is 12.8 Å². The van der Waals surface area contributed by atoms with Gasteiger partial charge in [-0.2, -0.15) is 18.2 Å². The van der Waals surface area contributed by atoms with Gasteiger partial charge >= 0.3 is 12.2 Å². The fourth-order valence-electron chi connectivity index (χ4n) is 2.90. The minimum Gasteiger partial charge on any atom is -0.457 e. The Kier molecular flexibility index (Phi) is 5.33. The molecule has 5 nitrogen and oxygen atoms in total. The maximum Gasteiger partial charge on any atom is 0.416 e. The molecule has 9 heteroatoms. The second-order valence-electron chi connectivity index (χ2n) is 6.72. The molecule has 1 heterocycles. The average Bonchev–Trinajstić information content (AvgIpc) is 3.18. The molecular formula is C22H16F4N4O. The van der Waals surface area contributed by atoms with Crippen molar-refractivity contribution in [3.05, 3.63) is 89.7 Å². The van der Waals surface area contributed by atoms with Crippen LogP contribution in [0.4, 0.5) is 23.2 Å². The van der Waals surface area contributed by atoms with Gasteiger partial charge in [-0.05, 0) is 54.1 Å². The lowest BCUT2D eigenvalue weighted by atomic mass is 10.1. The van der Waals surface area contributed by atoms with E-state index in [0.29, 0.717) is 16.9 Å². The number of benzene rings is 3. The van der Waals surface area contributed by atoms with Crippen molar-refractivity contribution < 1.29 is 22.3 Å². The van der Waals surface area contributed by atoms with Gasteiger partial charge < -0.3 is 10.5 Å². The molecule has 0 aliphatic rings. The van der Waals surface area contributed by atoms with Gasteiger partial charge in [0.15, 0.2) is 5.82 Å².